The molecular formula is C27H29F3N2O3. The molecule has 3 rings (SSSR count). The van der Waals surface area contributed by atoms with Crippen molar-refractivity contribution in [3.05, 3.63) is 83.4 Å². The van der Waals surface area contributed by atoms with Crippen molar-refractivity contribution in [2.24, 2.45) is 0 Å². The second-order valence-electron chi connectivity index (χ2n) is 8.36. The van der Waals surface area contributed by atoms with Crippen molar-refractivity contribution in [3.8, 4) is 22.6 Å². The van der Waals surface area contributed by atoms with E-state index >= 15 is 0 Å². The number of carbonyl (C=O) groups excluding carboxylic acids is 1. The van der Waals surface area contributed by atoms with Crippen molar-refractivity contribution >= 4 is 5.91 Å². The SMILES string of the molecule is COc1cccc([C@@H](C)NCc2ccc(OCC(=O)N(C)C)c(-c3ccc(C(F)(F)F)cc3)c2)c1. The van der Waals surface area contributed by atoms with Crippen molar-refractivity contribution in [2.45, 2.75) is 25.7 Å². The fourth-order valence-electron chi connectivity index (χ4n) is 3.45. The third kappa shape index (κ3) is 6.99. The van der Waals surface area contributed by atoms with Crippen LogP contribution in [0.25, 0.3) is 11.1 Å². The largest absolute Gasteiger partial charge is 0.497 e. The maximum Gasteiger partial charge on any atom is 0.416 e. The number of ether oxygens (including phenoxy) is 2. The van der Waals surface area contributed by atoms with Crippen LogP contribution in [0, 0.1) is 0 Å². The molecule has 0 saturated carbocycles. The lowest BCUT2D eigenvalue weighted by Gasteiger charge is -2.18. The minimum atomic E-state index is -4.42. The van der Waals surface area contributed by atoms with Gasteiger partial charge in [-0.3, -0.25) is 4.79 Å². The van der Waals surface area contributed by atoms with Crippen molar-refractivity contribution in [1.82, 2.24) is 10.2 Å². The number of hydrogen-bond acceptors (Lipinski definition) is 4. The Balaban J connectivity index is 1.84. The van der Waals surface area contributed by atoms with E-state index in [1.165, 1.54) is 17.0 Å². The Kier molecular flexibility index (Phi) is 8.40. The van der Waals surface area contributed by atoms with Gasteiger partial charge < -0.3 is 19.7 Å². The van der Waals surface area contributed by atoms with Gasteiger partial charge in [-0.15, -0.1) is 0 Å². The highest BCUT2D eigenvalue weighted by Crippen LogP contribution is 2.35. The Morgan fingerprint density at radius 3 is 2.37 bits per heavy atom. The number of rotatable bonds is 9. The van der Waals surface area contributed by atoms with Gasteiger partial charge in [-0.25, -0.2) is 0 Å². The van der Waals surface area contributed by atoms with E-state index in [0.717, 1.165) is 29.0 Å². The average Bonchev–Trinajstić information content (AvgIpc) is 2.85. The topological polar surface area (TPSA) is 50.8 Å². The Morgan fingerprint density at radius 1 is 1.03 bits per heavy atom. The lowest BCUT2D eigenvalue weighted by atomic mass is 10.00. The number of likely N-dealkylation sites (N-methyl/N-ethyl adjacent to an activating group) is 1. The van der Waals surface area contributed by atoms with E-state index in [1.54, 1.807) is 27.3 Å². The first kappa shape index (κ1) is 26.1. The van der Waals surface area contributed by atoms with E-state index in [4.69, 9.17) is 9.47 Å². The summed E-state index contributed by atoms with van der Waals surface area (Å²) in [6.07, 6.45) is -4.42. The number of nitrogens with one attached hydrogen (secondary N) is 1. The molecule has 0 radical (unpaired) electrons. The molecule has 3 aromatic rings. The fourth-order valence-corrected chi connectivity index (χ4v) is 3.45. The minimum absolute atomic E-state index is 0.0354. The van der Waals surface area contributed by atoms with E-state index in [1.807, 2.05) is 43.3 Å². The van der Waals surface area contributed by atoms with E-state index in [2.05, 4.69) is 5.32 Å². The van der Waals surface area contributed by atoms with Gasteiger partial charge in [0.05, 0.1) is 12.7 Å². The van der Waals surface area contributed by atoms with Crippen LogP contribution in [0.2, 0.25) is 0 Å². The molecule has 0 aliphatic carbocycles. The first-order valence-corrected chi connectivity index (χ1v) is 11.1. The molecule has 0 fully saturated rings. The van der Waals surface area contributed by atoms with E-state index < -0.39 is 11.7 Å². The summed E-state index contributed by atoms with van der Waals surface area (Å²) in [5, 5.41) is 3.45. The second-order valence-corrected chi connectivity index (χ2v) is 8.36. The fraction of sp³-hybridized carbons (Fsp3) is 0.296. The summed E-state index contributed by atoms with van der Waals surface area (Å²) in [4.78, 5) is 13.4. The van der Waals surface area contributed by atoms with Gasteiger partial charge in [0.2, 0.25) is 0 Å². The molecule has 0 bridgehead atoms. The second kappa shape index (κ2) is 11.3. The number of carbonyl (C=O) groups is 1. The van der Waals surface area contributed by atoms with Gasteiger partial charge in [-0.05, 0) is 60.0 Å². The standard InChI is InChI=1S/C27H29F3N2O3/c1-18(21-6-5-7-23(15-21)34-4)31-16-19-8-13-25(35-17-26(33)32(2)3)24(14-19)20-9-11-22(12-10-20)27(28,29)30/h5-15,18,31H,16-17H2,1-4H3/t18-/m1/s1. The molecule has 0 spiro atoms. The zero-order chi connectivity index (χ0) is 25.6. The maximum absolute atomic E-state index is 13.0. The monoisotopic (exact) mass is 486 g/mol. The van der Waals surface area contributed by atoms with Crippen molar-refractivity contribution < 1.29 is 27.4 Å². The third-order valence-electron chi connectivity index (χ3n) is 5.62. The summed E-state index contributed by atoms with van der Waals surface area (Å²) in [7, 11) is 4.87. The van der Waals surface area contributed by atoms with Crippen LogP contribution in [0.1, 0.15) is 29.7 Å². The van der Waals surface area contributed by atoms with Crippen LogP contribution >= 0.6 is 0 Å². The van der Waals surface area contributed by atoms with Crippen molar-refractivity contribution in [2.75, 3.05) is 27.8 Å². The minimum Gasteiger partial charge on any atom is -0.497 e. The van der Waals surface area contributed by atoms with Gasteiger partial charge in [0.15, 0.2) is 6.61 Å². The van der Waals surface area contributed by atoms with Crippen LogP contribution in [0.4, 0.5) is 13.2 Å². The number of amides is 1. The van der Waals surface area contributed by atoms with Gasteiger partial charge in [-0.2, -0.15) is 13.2 Å². The highest BCUT2D eigenvalue weighted by atomic mass is 19.4. The summed E-state index contributed by atoms with van der Waals surface area (Å²) < 4.78 is 50.1. The lowest BCUT2D eigenvalue weighted by molar-refractivity contribution is -0.137. The number of nitrogens with zero attached hydrogens (tertiary/aromatic N) is 1. The van der Waals surface area contributed by atoms with E-state index in [0.29, 0.717) is 23.4 Å². The molecule has 0 unspecified atom stereocenters. The zero-order valence-corrected chi connectivity index (χ0v) is 20.1. The normalized spacial score (nSPS) is 12.2. The molecule has 1 atom stereocenters. The van der Waals surface area contributed by atoms with Crippen molar-refractivity contribution in [3.63, 3.8) is 0 Å². The number of hydrogen-bond donors (Lipinski definition) is 1. The van der Waals surface area contributed by atoms with Crippen LogP contribution in [0.15, 0.2) is 66.7 Å². The molecule has 186 valence electrons. The lowest BCUT2D eigenvalue weighted by Crippen LogP contribution is -2.27. The number of halogens is 3. The van der Waals surface area contributed by atoms with Crippen LogP contribution < -0.4 is 14.8 Å². The quantitative estimate of drug-likeness (QED) is 0.422. The van der Waals surface area contributed by atoms with Crippen molar-refractivity contribution in [1.29, 1.82) is 0 Å². The predicted octanol–water partition coefficient (Wildman–Crippen LogP) is 5.70. The van der Waals surface area contributed by atoms with Gasteiger partial charge in [0, 0.05) is 32.2 Å². The average molecular weight is 487 g/mol. The summed E-state index contributed by atoms with van der Waals surface area (Å²) in [5.74, 6) is 0.972. The summed E-state index contributed by atoms with van der Waals surface area (Å²) >= 11 is 0. The number of benzene rings is 3. The summed E-state index contributed by atoms with van der Waals surface area (Å²) in [6.45, 7) is 2.38. The van der Waals surface area contributed by atoms with E-state index in [9.17, 15) is 18.0 Å². The Labute approximate surface area is 203 Å². The van der Waals surface area contributed by atoms with Gasteiger partial charge in [0.25, 0.3) is 5.91 Å². The molecule has 35 heavy (non-hydrogen) atoms. The Bertz CT molecular complexity index is 1150. The first-order valence-electron chi connectivity index (χ1n) is 11.1. The Hall–Kier alpha value is -3.52. The molecule has 1 N–H and O–H groups in total. The molecule has 0 aliphatic heterocycles. The number of methoxy groups -OCH3 is 1. The van der Waals surface area contributed by atoms with Crippen LogP contribution in [-0.2, 0) is 17.5 Å². The van der Waals surface area contributed by atoms with Crippen LogP contribution in [0.5, 0.6) is 11.5 Å². The zero-order valence-electron chi connectivity index (χ0n) is 20.1. The Morgan fingerprint density at radius 2 is 1.74 bits per heavy atom. The molecule has 8 heteroatoms. The molecule has 5 nitrogen and oxygen atoms in total. The smallest absolute Gasteiger partial charge is 0.416 e. The molecular weight excluding hydrogens is 457 g/mol. The van der Waals surface area contributed by atoms with Gasteiger partial charge in [0.1, 0.15) is 11.5 Å². The van der Waals surface area contributed by atoms with Gasteiger partial charge in [-0.1, -0.05) is 30.3 Å². The highest BCUT2D eigenvalue weighted by Gasteiger charge is 2.30. The van der Waals surface area contributed by atoms with E-state index in [-0.39, 0.29) is 18.6 Å². The molecule has 0 heterocycles. The molecule has 0 saturated heterocycles. The summed E-state index contributed by atoms with van der Waals surface area (Å²) in [5.41, 5.74) is 2.43. The third-order valence-corrected chi connectivity index (χ3v) is 5.62. The molecule has 0 aromatic heterocycles. The molecule has 1 amide bonds. The number of alkyl halides is 3. The maximum atomic E-state index is 13.0. The highest BCUT2D eigenvalue weighted by molar-refractivity contribution is 5.78. The first-order chi connectivity index (χ1) is 16.6. The van der Waals surface area contributed by atoms with Crippen LogP contribution in [-0.4, -0.2) is 38.6 Å². The predicted molar refractivity (Wildman–Crippen MR) is 129 cm³/mol. The van der Waals surface area contributed by atoms with Crippen LogP contribution in [0.3, 0.4) is 0 Å². The van der Waals surface area contributed by atoms with Gasteiger partial charge >= 0.3 is 6.18 Å². The molecule has 0 aliphatic rings. The molecule has 3 aromatic carbocycles. The summed E-state index contributed by atoms with van der Waals surface area (Å²) in [6, 6.07) is 18.2.